The summed E-state index contributed by atoms with van der Waals surface area (Å²) in [7, 11) is 0. The molecule has 1 aliphatic carbocycles. The van der Waals surface area contributed by atoms with Crippen LogP contribution in [0.25, 0.3) is 0 Å². The molecule has 7 nitrogen and oxygen atoms in total. The maximum absolute atomic E-state index is 13.7. The topological polar surface area (TPSA) is 86.8 Å². The molecule has 2 aliphatic rings. The Bertz CT molecular complexity index is 1150. The first-order chi connectivity index (χ1) is 17.9. The van der Waals surface area contributed by atoms with E-state index < -0.39 is 6.04 Å². The number of imide groups is 1. The highest BCUT2D eigenvalue weighted by Gasteiger charge is 2.47. The Kier molecular flexibility index (Phi) is 8.54. The van der Waals surface area contributed by atoms with E-state index in [4.69, 9.17) is 0 Å². The molecule has 4 rings (SSSR count). The third-order valence-electron chi connectivity index (χ3n) is 7.21. The van der Waals surface area contributed by atoms with Crippen LogP contribution in [0.4, 0.5) is 0 Å². The van der Waals surface area contributed by atoms with Crippen LogP contribution in [0.5, 0.6) is 0 Å². The standard InChI is InChI=1S/C30H35N3O4/c1-3-31-28(35)26(19-22-11-5-4-6-12-22)33(20-23-13-9-10-21(2)18-23)27(34)16-17-32-29(36)24-14-7-8-15-25(24)30(32)37/h4-13,18,24-26H,3,14-17,19-20H2,1-2H3,(H,31,35)/t24-,25+,26?. The van der Waals surface area contributed by atoms with Crippen LogP contribution in [-0.4, -0.2) is 52.6 Å². The van der Waals surface area contributed by atoms with Crippen molar-refractivity contribution in [2.75, 3.05) is 13.1 Å². The van der Waals surface area contributed by atoms with Crippen LogP contribution in [-0.2, 0) is 32.1 Å². The first-order valence-electron chi connectivity index (χ1n) is 13.1. The zero-order chi connectivity index (χ0) is 26.4. The maximum atomic E-state index is 13.7. The van der Waals surface area contributed by atoms with Gasteiger partial charge in [-0.3, -0.25) is 24.1 Å². The molecule has 194 valence electrons. The van der Waals surface area contributed by atoms with Crippen LogP contribution in [0.1, 0.15) is 42.9 Å². The van der Waals surface area contributed by atoms with Crippen LogP contribution in [0.2, 0.25) is 0 Å². The van der Waals surface area contributed by atoms with E-state index in [2.05, 4.69) is 5.32 Å². The molecule has 1 fully saturated rings. The zero-order valence-corrected chi connectivity index (χ0v) is 21.6. The molecular formula is C30H35N3O4. The molecule has 3 atom stereocenters. The maximum Gasteiger partial charge on any atom is 0.243 e. The lowest BCUT2D eigenvalue weighted by atomic mass is 9.85. The van der Waals surface area contributed by atoms with Crippen LogP contribution >= 0.6 is 0 Å². The van der Waals surface area contributed by atoms with Crippen LogP contribution in [0.3, 0.4) is 0 Å². The average Bonchev–Trinajstić information content (AvgIpc) is 3.14. The summed E-state index contributed by atoms with van der Waals surface area (Å²) in [5, 5.41) is 2.89. The van der Waals surface area contributed by atoms with Crippen molar-refractivity contribution >= 4 is 23.6 Å². The van der Waals surface area contributed by atoms with Crippen LogP contribution in [0, 0.1) is 18.8 Å². The van der Waals surface area contributed by atoms with Crippen molar-refractivity contribution in [1.82, 2.24) is 15.1 Å². The number of rotatable bonds is 10. The number of hydrogen-bond acceptors (Lipinski definition) is 4. The average molecular weight is 502 g/mol. The van der Waals surface area contributed by atoms with Gasteiger partial charge >= 0.3 is 0 Å². The number of aryl methyl sites for hydroxylation is 1. The Morgan fingerprint density at radius 1 is 0.973 bits per heavy atom. The number of allylic oxidation sites excluding steroid dienone is 2. The molecule has 37 heavy (non-hydrogen) atoms. The Morgan fingerprint density at radius 2 is 1.62 bits per heavy atom. The van der Waals surface area contributed by atoms with Gasteiger partial charge < -0.3 is 10.2 Å². The van der Waals surface area contributed by atoms with E-state index in [1.807, 2.05) is 80.6 Å². The van der Waals surface area contributed by atoms with Gasteiger partial charge in [0.25, 0.3) is 0 Å². The summed E-state index contributed by atoms with van der Waals surface area (Å²) in [5.41, 5.74) is 2.93. The molecule has 0 aromatic heterocycles. The van der Waals surface area contributed by atoms with Crippen molar-refractivity contribution in [3.8, 4) is 0 Å². The van der Waals surface area contributed by atoms with Gasteiger partial charge in [0.15, 0.2) is 0 Å². The SMILES string of the molecule is CCNC(=O)C(Cc1ccccc1)N(Cc1cccc(C)c1)C(=O)CCN1C(=O)[C@H]2CC=CC[C@H]2C1=O. The number of nitrogens with zero attached hydrogens (tertiary/aromatic N) is 2. The predicted molar refractivity (Wildman–Crippen MR) is 141 cm³/mol. The van der Waals surface area contributed by atoms with Crippen LogP contribution in [0.15, 0.2) is 66.7 Å². The first-order valence-corrected chi connectivity index (χ1v) is 13.1. The summed E-state index contributed by atoms with van der Waals surface area (Å²) in [6.07, 6.45) is 5.36. The molecule has 1 N–H and O–H groups in total. The van der Waals surface area contributed by atoms with E-state index >= 15 is 0 Å². The number of likely N-dealkylation sites (tertiary alicyclic amines) is 1. The minimum Gasteiger partial charge on any atom is -0.355 e. The number of amides is 4. The van der Waals surface area contributed by atoms with Gasteiger partial charge in [-0.1, -0.05) is 72.3 Å². The number of nitrogens with one attached hydrogen (secondary N) is 1. The van der Waals surface area contributed by atoms with E-state index in [9.17, 15) is 19.2 Å². The van der Waals surface area contributed by atoms with Gasteiger partial charge in [0.1, 0.15) is 6.04 Å². The molecule has 4 amide bonds. The Balaban J connectivity index is 1.57. The third kappa shape index (κ3) is 6.16. The van der Waals surface area contributed by atoms with E-state index in [1.54, 1.807) is 4.90 Å². The smallest absolute Gasteiger partial charge is 0.243 e. The summed E-state index contributed by atoms with van der Waals surface area (Å²) in [5.74, 6) is -1.52. The third-order valence-corrected chi connectivity index (χ3v) is 7.21. The molecular weight excluding hydrogens is 466 g/mol. The molecule has 1 unspecified atom stereocenters. The molecule has 0 bridgehead atoms. The van der Waals surface area contributed by atoms with Gasteiger partial charge in [-0.15, -0.1) is 0 Å². The minimum absolute atomic E-state index is 0.0269. The fraction of sp³-hybridized carbons (Fsp3) is 0.400. The van der Waals surface area contributed by atoms with Gasteiger partial charge in [-0.2, -0.15) is 0 Å². The molecule has 0 radical (unpaired) electrons. The van der Waals surface area contributed by atoms with Gasteiger partial charge in [0, 0.05) is 32.5 Å². The normalized spacial score (nSPS) is 19.5. The van der Waals surface area contributed by atoms with Gasteiger partial charge in [-0.25, -0.2) is 0 Å². The summed E-state index contributed by atoms with van der Waals surface area (Å²) in [4.78, 5) is 55.7. The molecule has 0 spiro atoms. The van der Waals surface area contributed by atoms with Crippen molar-refractivity contribution in [3.63, 3.8) is 0 Å². The molecule has 1 aliphatic heterocycles. The second-order valence-corrected chi connectivity index (χ2v) is 9.84. The molecule has 7 heteroatoms. The summed E-state index contributed by atoms with van der Waals surface area (Å²) >= 11 is 0. The second kappa shape index (κ2) is 12.0. The van der Waals surface area contributed by atoms with Gasteiger partial charge in [0.2, 0.25) is 23.6 Å². The highest BCUT2D eigenvalue weighted by molar-refractivity contribution is 6.05. The van der Waals surface area contributed by atoms with Crippen molar-refractivity contribution < 1.29 is 19.2 Å². The Labute approximate surface area is 218 Å². The largest absolute Gasteiger partial charge is 0.355 e. The fourth-order valence-corrected chi connectivity index (χ4v) is 5.29. The quantitative estimate of drug-likeness (QED) is 0.399. The lowest BCUT2D eigenvalue weighted by molar-refractivity contribution is -0.144. The van der Waals surface area contributed by atoms with E-state index in [1.165, 1.54) is 4.90 Å². The number of fused-ring (bicyclic) bond motifs is 1. The summed E-state index contributed by atoms with van der Waals surface area (Å²) in [6.45, 7) is 4.57. The number of likely N-dealkylation sites (N-methyl/N-ethyl adjacent to an activating group) is 1. The second-order valence-electron chi connectivity index (χ2n) is 9.84. The Morgan fingerprint density at radius 3 is 2.24 bits per heavy atom. The molecule has 2 aromatic rings. The summed E-state index contributed by atoms with van der Waals surface area (Å²) in [6, 6.07) is 16.8. The van der Waals surface area contributed by atoms with E-state index in [0.717, 1.165) is 16.7 Å². The zero-order valence-electron chi connectivity index (χ0n) is 21.6. The molecule has 2 aromatic carbocycles. The number of hydrogen-bond donors (Lipinski definition) is 1. The van der Waals surface area contributed by atoms with Crippen molar-refractivity contribution in [2.24, 2.45) is 11.8 Å². The summed E-state index contributed by atoms with van der Waals surface area (Å²) < 4.78 is 0. The molecule has 1 saturated heterocycles. The lowest BCUT2D eigenvalue weighted by Crippen LogP contribution is -2.51. The first kappa shape index (κ1) is 26.3. The van der Waals surface area contributed by atoms with Crippen molar-refractivity contribution in [1.29, 1.82) is 0 Å². The minimum atomic E-state index is -0.730. The Hall–Kier alpha value is -3.74. The van der Waals surface area contributed by atoms with E-state index in [0.29, 0.717) is 25.8 Å². The van der Waals surface area contributed by atoms with Crippen molar-refractivity contribution in [3.05, 3.63) is 83.4 Å². The van der Waals surface area contributed by atoms with Gasteiger partial charge in [-0.05, 0) is 37.8 Å². The monoisotopic (exact) mass is 501 g/mol. The van der Waals surface area contributed by atoms with E-state index in [-0.39, 0.29) is 55.0 Å². The lowest BCUT2D eigenvalue weighted by Gasteiger charge is -2.32. The highest BCUT2D eigenvalue weighted by Crippen LogP contribution is 2.35. The highest BCUT2D eigenvalue weighted by atomic mass is 16.2. The molecule has 1 heterocycles. The van der Waals surface area contributed by atoms with Crippen LogP contribution < -0.4 is 5.32 Å². The number of benzene rings is 2. The number of carbonyl (C=O) groups excluding carboxylic acids is 4. The van der Waals surface area contributed by atoms with Crippen molar-refractivity contribution in [2.45, 2.75) is 52.1 Å². The predicted octanol–water partition coefficient (Wildman–Crippen LogP) is 3.41. The number of carbonyl (C=O) groups is 4. The fourth-order valence-electron chi connectivity index (χ4n) is 5.29. The van der Waals surface area contributed by atoms with Gasteiger partial charge in [0.05, 0.1) is 11.8 Å². The molecule has 0 saturated carbocycles.